The Balaban J connectivity index is 1.75. The molecule has 0 saturated carbocycles. The van der Waals surface area contributed by atoms with Crippen molar-refractivity contribution in [2.24, 2.45) is 0 Å². The van der Waals surface area contributed by atoms with Gasteiger partial charge in [0.1, 0.15) is 12.4 Å². The molecule has 0 radical (unpaired) electrons. The Labute approximate surface area is 157 Å². The van der Waals surface area contributed by atoms with E-state index in [0.29, 0.717) is 29.9 Å². The van der Waals surface area contributed by atoms with Gasteiger partial charge in [-0.1, -0.05) is 42.5 Å². The number of hydrogen-bond donors (Lipinski definition) is 0. The van der Waals surface area contributed by atoms with Crippen LogP contribution in [0.25, 0.3) is 17.3 Å². The van der Waals surface area contributed by atoms with Gasteiger partial charge in [0, 0.05) is 22.9 Å². The van der Waals surface area contributed by atoms with Gasteiger partial charge in [0.15, 0.2) is 5.78 Å². The molecule has 0 bridgehead atoms. The molecule has 0 atom stereocenters. The summed E-state index contributed by atoms with van der Waals surface area (Å²) in [7, 11) is 0. The quantitative estimate of drug-likeness (QED) is 0.660. The van der Waals surface area contributed by atoms with Gasteiger partial charge >= 0.3 is 0 Å². The second kappa shape index (κ2) is 7.30. The third-order valence-corrected chi connectivity index (χ3v) is 4.43. The van der Waals surface area contributed by atoms with Crippen LogP contribution in [0.2, 0.25) is 0 Å². The lowest BCUT2D eigenvalue weighted by atomic mass is 9.98. The zero-order chi connectivity index (χ0) is 18.6. The second-order valence-electron chi connectivity index (χ2n) is 6.25. The van der Waals surface area contributed by atoms with Crippen molar-refractivity contribution in [1.82, 2.24) is 9.78 Å². The number of fused-ring (bicyclic) bond motifs is 1. The van der Waals surface area contributed by atoms with Crippen LogP contribution in [0.3, 0.4) is 0 Å². The number of ether oxygens (including phenoxy) is 1. The van der Waals surface area contributed by atoms with Crippen molar-refractivity contribution in [2.45, 2.75) is 13.0 Å². The number of rotatable bonds is 4. The lowest BCUT2D eigenvalue weighted by Gasteiger charge is -2.18. The maximum Gasteiger partial charge on any atom is 0.196 e. The molecular weight excluding hydrogens is 338 g/mol. The number of aromatic nitrogens is 2. The maximum absolute atomic E-state index is 12.8. The van der Waals surface area contributed by atoms with E-state index in [4.69, 9.17) is 10.00 Å². The maximum atomic E-state index is 12.8. The van der Waals surface area contributed by atoms with E-state index in [-0.39, 0.29) is 12.4 Å². The molecule has 0 spiro atoms. The first-order chi connectivity index (χ1) is 13.3. The van der Waals surface area contributed by atoms with E-state index >= 15 is 0 Å². The summed E-state index contributed by atoms with van der Waals surface area (Å²) in [5.41, 5.74) is 3.75. The molecule has 5 nitrogen and oxygen atoms in total. The van der Waals surface area contributed by atoms with Crippen molar-refractivity contribution >= 4 is 11.9 Å². The zero-order valence-electron chi connectivity index (χ0n) is 14.6. The van der Waals surface area contributed by atoms with Gasteiger partial charge < -0.3 is 4.74 Å². The van der Waals surface area contributed by atoms with Gasteiger partial charge in [-0.3, -0.25) is 9.48 Å². The highest BCUT2D eigenvalue weighted by molar-refractivity contribution is 6.14. The first-order valence-electron chi connectivity index (χ1n) is 8.73. The van der Waals surface area contributed by atoms with Crippen LogP contribution in [0.4, 0.5) is 0 Å². The van der Waals surface area contributed by atoms with Crippen LogP contribution in [0.5, 0.6) is 5.75 Å². The van der Waals surface area contributed by atoms with Gasteiger partial charge in [-0.25, -0.2) is 0 Å². The molecule has 132 valence electrons. The second-order valence-corrected chi connectivity index (χ2v) is 6.25. The third-order valence-electron chi connectivity index (χ3n) is 4.43. The average Bonchev–Trinajstić information content (AvgIpc) is 3.12. The van der Waals surface area contributed by atoms with Crippen LogP contribution in [0, 0.1) is 11.3 Å². The van der Waals surface area contributed by atoms with E-state index < -0.39 is 0 Å². The van der Waals surface area contributed by atoms with E-state index in [1.807, 2.05) is 54.7 Å². The average molecular weight is 355 g/mol. The van der Waals surface area contributed by atoms with E-state index in [1.54, 1.807) is 16.8 Å². The van der Waals surface area contributed by atoms with Crippen molar-refractivity contribution in [3.05, 3.63) is 77.5 Å². The van der Waals surface area contributed by atoms with Crippen LogP contribution < -0.4 is 4.74 Å². The van der Waals surface area contributed by atoms with E-state index in [1.165, 1.54) is 0 Å². The van der Waals surface area contributed by atoms with Crippen LogP contribution >= 0.6 is 0 Å². The summed E-state index contributed by atoms with van der Waals surface area (Å²) in [6.07, 6.45) is 4.10. The van der Waals surface area contributed by atoms with Gasteiger partial charge in [-0.05, 0) is 18.2 Å². The van der Waals surface area contributed by atoms with E-state index in [2.05, 4.69) is 11.2 Å². The fourth-order valence-corrected chi connectivity index (χ4v) is 3.11. The number of para-hydroxylation sites is 1. The lowest BCUT2D eigenvalue weighted by molar-refractivity contribution is 0.100. The summed E-state index contributed by atoms with van der Waals surface area (Å²) in [5.74, 6) is 0.591. The van der Waals surface area contributed by atoms with Gasteiger partial charge in [0.05, 0.1) is 30.3 Å². The predicted molar refractivity (Wildman–Crippen MR) is 102 cm³/mol. The summed E-state index contributed by atoms with van der Waals surface area (Å²) in [4.78, 5) is 12.8. The monoisotopic (exact) mass is 355 g/mol. The summed E-state index contributed by atoms with van der Waals surface area (Å²) in [6, 6.07) is 19.2. The number of aryl methyl sites for hydroxylation is 1. The molecule has 1 aromatic heterocycles. The molecule has 0 amide bonds. The minimum Gasteiger partial charge on any atom is -0.488 e. The standard InChI is InChI=1S/C22H17N3O2/c23-11-6-12-25-14-17(21(24-25)16-7-2-1-3-8-16)13-18-15-27-20-10-5-4-9-19(20)22(18)26/h1-5,7-10,13-14H,6,12,15H2. The number of Topliss-reactive ketones (excluding diaryl/α,β-unsaturated/α-hetero) is 1. The number of carbonyl (C=O) groups is 1. The Hall–Kier alpha value is -3.65. The number of nitrogens with zero attached hydrogens (tertiary/aromatic N) is 3. The highest BCUT2D eigenvalue weighted by atomic mass is 16.5. The Kier molecular flexibility index (Phi) is 4.54. The number of hydrogen-bond acceptors (Lipinski definition) is 4. The minimum absolute atomic E-state index is 0.0272. The summed E-state index contributed by atoms with van der Waals surface area (Å²) in [6.45, 7) is 0.736. The van der Waals surface area contributed by atoms with Crippen molar-refractivity contribution in [3.8, 4) is 23.1 Å². The molecule has 1 aliphatic rings. The molecule has 3 aromatic rings. The van der Waals surface area contributed by atoms with Crippen molar-refractivity contribution < 1.29 is 9.53 Å². The van der Waals surface area contributed by atoms with Crippen molar-refractivity contribution in [2.75, 3.05) is 6.61 Å². The van der Waals surface area contributed by atoms with Crippen LogP contribution in [-0.4, -0.2) is 22.2 Å². The Morgan fingerprint density at radius 3 is 2.74 bits per heavy atom. The first-order valence-corrected chi connectivity index (χ1v) is 8.73. The van der Waals surface area contributed by atoms with Gasteiger partial charge in [0.2, 0.25) is 0 Å². The number of carbonyl (C=O) groups excluding carboxylic acids is 1. The van der Waals surface area contributed by atoms with Gasteiger partial charge in [0.25, 0.3) is 0 Å². The summed E-state index contributed by atoms with van der Waals surface area (Å²) in [5, 5.41) is 13.5. The molecule has 0 unspecified atom stereocenters. The minimum atomic E-state index is -0.0272. The molecule has 0 N–H and O–H groups in total. The van der Waals surface area contributed by atoms with Crippen molar-refractivity contribution in [3.63, 3.8) is 0 Å². The van der Waals surface area contributed by atoms with Crippen LogP contribution in [0.15, 0.2) is 66.4 Å². The fraction of sp³-hybridized carbons (Fsp3) is 0.136. The topological polar surface area (TPSA) is 67.9 Å². The van der Waals surface area contributed by atoms with Gasteiger partial charge in [-0.2, -0.15) is 10.4 Å². The molecule has 2 heterocycles. The number of ketones is 1. The number of benzene rings is 2. The lowest BCUT2D eigenvalue weighted by Crippen LogP contribution is -2.18. The highest BCUT2D eigenvalue weighted by Gasteiger charge is 2.23. The Morgan fingerprint density at radius 2 is 1.93 bits per heavy atom. The summed E-state index contributed by atoms with van der Waals surface area (Å²) < 4.78 is 7.49. The molecule has 0 fully saturated rings. The van der Waals surface area contributed by atoms with Gasteiger partial charge in [-0.15, -0.1) is 0 Å². The third kappa shape index (κ3) is 3.38. The van der Waals surface area contributed by atoms with Crippen LogP contribution in [-0.2, 0) is 6.54 Å². The molecule has 0 saturated heterocycles. The molecule has 5 heteroatoms. The fourth-order valence-electron chi connectivity index (χ4n) is 3.11. The molecule has 27 heavy (non-hydrogen) atoms. The first kappa shape index (κ1) is 16.8. The Morgan fingerprint density at radius 1 is 1.15 bits per heavy atom. The largest absolute Gasteiger partial charge is 0.488 e. The highest BCUT2D eigenvalue weighted by Crippen LogP contribution is 2.30. The molecule has 2 aromatic carbocycles. The molecule has 4 rings (SSSR count). The smallest absolute Gasteiger partial charge is 0.196 e. The van der Waals surface area contributed by atoms with Crippen LogP contribution in [0.1, 0.15) is 22.3 Å². The molecule has 0 aliphatic carbocycles. The SMILES string of the molecule is N#CCCn1cc(C=C2COc3ccccc3C2=O)c(-c2ccccc2)n1. The normalized spacial score (nSPS) is 14.5. The van der Waals surface area contributed by atoms with E-state index in [0.717, 1.165) is 16.8 Å². The molecular formula is C22H17N3O2. The summed E-state index contributed by atoms with van der Waals surface area (Å²) >= 11 is 0. The predicted octanol–water partition coefficient (Wildman–Crippen LogP) is 4.12. The number of nitriles is 1. The van der Waals surface area contributed by atoms with Crippen molar-refractivity contribution in [1.29, 1.82) is 5.26 Å². The zero-order valence-corrected chi connectivity index (χ0v) is 14.6. The van der Waals surface area contributed by atoms with E-state index in [9.17, 15) is 4.79 Å². The molecule has 1 aliphatic heterocycles. The Bertz CT molecular complexity index is 1060.